The first-order chi connectivity index (χ1) is 7.73. The van der Waals surface area contributed by atoms with Gasteiger partial charge in [0.2, 0.25) is 11.8 Å². The molecule has 1 unspecified atom stereocenters. The molecule has 0 aromatic heterocycles. The number of nitrogens with two attached hydrogens (primary N) is 1. The number of rotatable bonds is 4. The number of carbonyl (C=O) groups is 2. The highest BCUT2D eigenvalue weighted by Gasteiger charge is 2.35. The van der Waals surface area contributed by atoms with E-state index in [4.69, 9.17) is 5.73 Å². The van der Waals surface area contributed by atoms with E-state index in [-0.39, 0.29) is 17.2 Å². The Morgan fingerprint density at radius 3 is 2.18 bits per heavy atom. The minimum atomic E-state index is -0.620. The molecule has 0 aromatic carbocycles. The Labute approximate surface area is 103 Å². The quantitative estimate of drug-likeness (QED) is 0.640. The van der Waals surface area contributed by atoms with Crippen molar-refractivity contribution in [1.82, 2.24) is 10.6 Å². The van der Waals surface area contributed by atoms with E-state index in [1.54, 1.807) is 0 Å². The van der Waals surface area contributed by atoms with Gasteiger partial charge in [-0.3, -0.25) is 9.59 Å². The second-order valence-corrected chi connectivity index (χ2v) is 5.92. The van der Waals surface area contributed by atoms with Crippen LogP contribution in [0.1, 0.15) is 27.7 Å². The maximum absolute atomic E-state index is 12.0. The Kier molecular flexibility index (Phi) is 4.14. The van der Waals surface area contributed by atoms with E-state index in [0.29, 0.717) is 5.92 Å². The topological polar surface area (TPSA) is 84.2 Å². The molecule has 0 bridgehead atoms. The van der Waals surface area contributed by atoms with Gasteiger partial charge >= 0.3 is 0 Å². The number of nitrogens with one attached hydrogen (secondary N) is 2. The van der Waals surface area contributed by atoms with Gasteiger partial charge in [-0.15, -0.1) is 0 Å². The number of hydrogen-bond acceptors (Lipinski definition) is 3. The third-order valence-corrected chi connectivity index (χ3v) is 3.37. The van der Waals surface area contributed by atoms with E-state index in [0.717, 1.165) is 13.1 Å². The van der Waals surface area contributed by atoms with Crippen molar-refractivity contribution >= 4 is 11.8 Å². The van der Waals surface area contributed by atoms with Gasteiger partial charge in [0.25, 0.3) is 0 Å². The first kappa shape index (κ1) is 14.0. The summed E-state index contributed by atoms with van der Waals surface area (Å²) in [5.74, 6) is -0.288. The van der Waals surface area contributed by atoms with Crippen LogP contribution in [0.4, 0.5) is 0 Å². The molecular weight excluding hydrogens is 218 g/mol. The standard InChI is InChI=1S/C12H23N3O2/c1-7(8-5-14-6-8)11(17)15-9(10(13)16)12(2,3)4/h7-9,14H,5-6H2,1-4H3,(H2,13,16)(H,15,17)/t7?,9-/m1/s1. The summed E-state index contributed by atoms with van der Waals surface area (Å²) >= 11 is 0. The Morgan fingerprint density at radius 1 is 1.35 bits per heavy atom. The van der Waals surface area contributed by atoms with Crippen molar-refractivity contribution in [3.05, 3.63) is 0 Å². The molecule has 0 aliphatic carbocycles. The average Bonchev–Trinajstić information content (AvgIpc) is 2.08. The van der Waals surface area contributed by atoms with E-state index < -0.39 is 11.9 Å². The lowest BCUT2D eigenvalue weighted by Gasteiger charge is -2.34. The maximum atomic E-state index is 12.0. The first-order valence-electron chi connectivity index (χ1n) is 6.04. The van der Waals surface area contributed by atoms with Gasteiger partial charge < -0.3 is 16.4 Å². The summed E-state index contributed by atoms with van der Waals surface area (Å²) < 4.78 is 0. The fourth-order valence-electron chi connectivity index (χ4n) is 1.87. The minimum absolute atomic E-state index is 0.0829. The molecule has 0 aromatic rings. The van der Waals surface area contributed by atoms with Crippen LogP contribution in [-0.2, 0) is 9.59 Å². The van der Waals surface area contributed by atoms with Crippen LogP contribution >= 0.6 is 0 Å². The molecule has 2 amide bonds. The molecule has 1 heterocycles. The predicted molar refractivity (Wildman–Crippen MR) is 66.1 cm³/mol. The molecular formula is C12H23N3O2. The Balaban J connectivity index is 2.60. The molecule has 2 atom stereocenters. The Hall–Kier alpha value is -1.10. The smallest absolute Gasteiger partial charge is 0.240 e. The van der Waals surface area contributed by atoms with E-state index in [2.05, 4.69) is 10.6 Å². The van der Waals surface area contributed by atoms with E-state index in [1.807, 2.05) is 27.7 Å². The number of hydrogen-bond donors (Lipinski definition) is 3. The monoisotopic (exact) mass is 241 g/mol. The van der Waals surface area contributed by atoms with Gasteiger partial charge in [0, 0.05) is 5.92 Å². The van der Waals surface area contributed by atoms with Crippen molar-refractivity contribution < 1.29 is 9.59 Å². The summed E-state index contributed by atoms with van der Waals surface area (Å²) in [6.07, 6.45) is 0. The van der Waals surface area contributed by atoms with Crippen molar-refractivity contribution in [3.8, 4) is 0 Å². The molecule has 0 saturated carbocycles. The summed E-state index contributed by atoms with van der Waals surface area (Å²) in [5.41, 5.74) is 4.97. The second kappa shape index (κ2) is 5.04. The fraction of sp³-hybridized carbons (Fsp3) is 0.833. The Bertz CT molecular complexity index is 305. The summed E-state index contributed by atoms with van der Waals surface area (Å²) in [4.78, 5) is 23.3. The number of amides is 2. The molecule has 5 heteroatoms. The largest absolute Gasteiger partial charge is 0.368 e. The molecule has 1 rings (SSSR count). The zero-order chi connectivity index (χ0) is 13.2. The van der Waals surface area contributed by atoms with Crippen LogP contribution in [0.5, 0.6) is 0 Å². The van der Waals surface area contributed by atoms with Gasteiger partial charge in [-0.25, -0.2) is 0 Å². The van der Waals surface area contributed by atoms with Gasteiger partial charge in [0.15, 0.2) is 0 Å². The van der Waals surface area contributed by atoms with E-state index >= 15 is 0 Å². The SMILES string of the molecule is CC(C(=O)N[C@H](C(N)=O)C(C)(C)C)C1CNC1. The summed E-state index contributed by atoms with van der Waals surface area (Å²) in [7, 11) is 0. The summed E-state index contributed by atoms with van der Waals surface area (Å²) in [6, 6.07) is -0.620. The van der Waals surface area contributed by atoms with Crippen molar-refractivity contribution in [2.24, 2.45) is 23.0 Å². The normalized spacial score (nSPS) is 20.2. The highest BCUT2D eigenvalue weighted by atomic mass is 16.2. The maximum Gasteiger partial charge on any atom is 0.240 e. The van der Waals surface area contributed by atoms with Gasteiger partial charge in [0.05, 0.1) is 0 Å². The van der Waals surface area contributed by atoms with E-state index in [9.17, 15) is 9.59 Å². The van der Waals surface area contributed by atoms with Crippen LogP contribution in [0, 0.1) is 17.3 Å². The Morgan fingerprint density at radius 2 is 1.88 bits per heavy atom. The van der Waals surface area contributed by atoms with Gasteiger partial charge in [-0.05, 0) is 24.4 Å². The molecule has 17 heavy (non-hydrogen) atoms. The van der Waals surface area contributed by atoms with Crippen LogP contribution in [0.15, 0.2) is 0 Å². The van der Waals surface area contributed by atoms with Crippen LogP contribution in [0.25, 0.3) is 0 Å². The van der Waals surface area contributed by atoms with Gasteiger partial charge in [0.1, 0.15) is 6.04 Å². The number of primary amides is 1. The van der Waals surface area contributed by atoms with Crippen LogP contribution in [0.2, 0.25) is 0 Å². The molecule has 4 N–H and O–H groups in total. The van der Waals surface area contributed by atoms with E-state index in [1.165, 1.54) is 0 Å². The van der Waals surface area contributed by atoms with Crippen LogP contribution < -0.4 is 16.4 Å². The van der Waals surface area contributed by atoms with Crippen molar-refractivity contribution in [1.29, 1.82) is 0 Å². The average molecular weight is 241 g/mol. The zero-order valence-corrected chi connectivity index (χ0v) is 11.0. The molecule has 0 radical (unpaired) electrons. The lowest BCUT2D eigenvalue weighted by atomic mass is 9.84. The number of carbonyl (C=O) groups excluding carboxylic acids is 2. The third kappa shape index (κ3) is 3.43. The lowest BCUT2D eigenvalue weighted by molar-refractivity contribution is -0.133. The zero-order valence-electron chi connectivity index (χ0n) is 11.0. The molecule has 1 saturated heterocycles. The van der Waals surface area contributed by atoms with Crippen molar-refractivity contribution in [3.63, 3.8) is 0 Å². The van der Waals surface area contributed by atoms with Crippen LogP contribution in [0.3, 0.4) is 0 Å². The molecule has 5 nitrogen and oxygen atoms in total. The van der Waals surface area contributed by atoms with Crippen molar-refractivity contribution in [2.75, 3.05) is 13.1 Å². The minimum Gasteiger partial charge on any atom is -0.368 e. The molecule has 1 aliphatic heterocycles. The highest BCUT2D eigenvalue weighted by molar-refractivity contribution is 5.88. The summed E-state index contributed by atoms with van der Waals surface area (Å²) in [5, 5.41) is 5.90. The van der Waals surface area contributed by atoms with Gasteiger partial charge in [-0.2, -0.15) is 0 Å². The van der Waals surface area contributed by atoms with Crippen LogP contribution in [-0.4, -0.2) is 30.9 Å². The van der Waals surface area contributed by atoms with Crippen molar-refractivity contribution in [2.45, 2.75) is 33.7 Å². The molecule has 1 aliphatic rings. The summed E-state index contributed by atoms with van der Waals surface area (Å²) in [6.45, 7) is 9.28. The first-order valence-corrected chi connectivity index (χ1v) is 6.04. The predicted octanol–water partition coefficient (Wildman–Crippen LogP) is -0.142. The van der Waals surface area contributed by atoms with Gasteiger partial charge in [-0.1, -0.05) is 27.7 Å². The fourth-order valence-corrected chi connectivity index (χ4v) is 1.87. The third-order valence-electron chi connectivity index (χ3n) is 3.37. The lowest BCUT2D eigenvalue weighted by Crippen LogP contribution is -2.56. The molecule has 1 fully saturated rings. The molecule has 98 valence electrons. The highest BCUT2D eigenvalue weighted by Crippen LogP contribution is 2.21. The molecule has 0 spiro atoms. The second-order valence-electron chi connectivity index (χ2n) is 5.92.